The van der Waals surface area contributed by atoms with E-state index in [1.54, 1.807) is 46.8 Å². The van der Waals surface area contributed by atoms with Crippen LogP contribution in [0.5, 0.6) is 0 Å². The van der Waals surface area contributed by atoms with Crippen molar-refractivity contribution in [3.05, 3.63) is 24.3 Å². The largest absolute Gasteiger partial charge is 0.327 e. The summed E-state index contributed by atoms with van der Waals surface area (Å²) < 4.78 is 27.1. The lowest BCUT2D eigenvalue weighted by Gasteiger charge is -2.21. The van der Waals surface area contributed by atoms with Crippen molar-refractivity contribution >= 4 is 21.6 Å². The molecule has 0 heterocycles. The molecule has 0 bridgehead atoms. The van der Waals surface area contributed by atoms with E-state index in [9.17, 15) is 13.2 Å². The van der Waals surface area contributed by atoms with Gasteiger partial charge in [0.15, 0.2) is 0 Å². The third kappa shape index (κ3) is 5.40. The van der Waals surface area contributed by atoms with Gasteiger partial charge in [0.05, 0.1) is 10.8 Å². The summed E-state index contributed by atoms with van der Waals surface area (Å²) in [6.45, 7) is 8.77. The third-order valence-electron chi connectivity index (χ3n) is 3.05. The monoisotopic (exact) mass is 327 g/mol. The quantitative estimate of drug-likeness (QED) is 0.766. The SMILES string of the molecule is CC(N)C(C)C(=O)Nc1cccc(S(=O)(=O)NC(C)(C)C)c1. The number of carbonyl (C=O) groups excluding carboxylic acids is 1. The van der Waals surface area contributed by atoms with Gasteiger partial charge in [0, 0.05) is 17.3 Å². The zero-order chi connectivity index (χ0) is 17.1. The number of rotatable bonds is 5. The average molecular weight is 327 g/mol. The first kappa shape index (κ1) is 18.6. The summed E-state index contributed by atoms with van der Waals surface area (Å²) in [4.78, 5) is 12.1. The molecule has 124 valence electrons. The van der Waals surface area contributed by atoms with E-state index in [0.717, 1.165) is 0 Å². The van der Waals surface area contributed by atoms with Gasteiger partial charge >= 0.3 is 0 Å². The van der Waals surface area contributed by atoms with Gasteiger partial charge < -0.3 is 11.1 Å². The van der Waals surface area contributed by atoms with E-state index in [1.807, 2.05) is 0 Å². The second-order valence-electron chi connectivity index (χ2n) is 6.52. The Hall–Kier alpha value is -1.44. The maximum atomic E-state index is 12.3. The van der Waals surface area contributed by atoms with Gasteiger partial charge in [-0.3, -0.25) is 4.79 Å². The lowest BCUT2D eigenvalue weighted by atomic mass is 10.0. The Morgan fingerprint density at radius 1 is 1.23 bits per heavy atom. The first-order valence-electron chi connectivity index (χ1n) is 7.13. The van der Waals surface area contributed by atoms with Gasteiger partial charge in [-0.05, 0) is 45.9 Å². The molecule has 2 atom stereocenters. The first-order chi connectivity index (χ1) is 9.92. The van der Waals surface area contributed by atoms with E-state index in [4.69, 9.17) is 5.73 Å². The molecule has 7 heteroatoms. The lowest BCUT2D eigenvalue weighted by Crippen LogP contribution is -2.40. The number of nitrogens with one attached hydrogen (secondary N) is 2. The van der Waals surface area contributed by atoms with Crippen LogP contribution in [0.1, 0.15) is 34.6 Å². The first-order valence-corrected chi connectivity index (χ1v) is 8.61. The highest BCUT2D eigenvalue weighted by Crippen LogP contribution is 2.18. The summed E-state index contributed by atoms with van der Waals surface area (Å²) in [5, 5.41) is 2.69. The van der Waals surface area contributed by atoms with E-state index in [-0.39, 0.29) is 22.8 Å². The zero-order valence-electron chi connectivity index (χ0n) is 13.7. The van der Waals surface area contributed by atoms with Crippen molar-refractivity contribution in [2.24, 2.45) is 11.7 Å². The van der Waals surface area contributed by atoms with Gasteiger partial charge in [0.2, 0.25) is 15.9 Å². The van der Waals surface area contributed by atoms with Gasteiger partial charge in [-0.2, -0.15) is 0 Å². The second-order valence-corrected chi connectivity index (χ2v) is 8.20. The topological polar surface area (TPSA) is 101 Å². The Morgan fingerprint density at radius 3 is 2.32 bits per heavy atom. The van der Waals surface area contributed by atoms with Crippen LogP contribution in [0.4, 0.5) is 5.69 Å². The van der Waals surface area contributed by atoms with Gasteiger partial charge in [0.1, 0.15) is 0 Å². The zero-order valence-corrected chi connectivity index (χ0v) is 14.5. The summed E-state index contributed by atoms with van der Waals surface area (Å²) >= 11 is 0. The number of carbonyl (C=O) groups is 1. The highest BCUT2D eigenvalue weighted by molar-refractivity contribution is 7.89. The summed E-state index contributed by atoms with van der Waals surface area (Å²) in [6, 6.07) is 5.86. The molecule has 0 aromatic heterocycles. The number of anilines is 1. The normalized spacial score (nSPS) is 15.2. The molecule has 6 nitrogen and oxygen atoms in total. The molecule has 0 aliphatic rings. The molecule has 0 spiro atoms. The predicted molar refractivity (Wildman–Crippen MR) is 88.0 cm³/mol. The Kier molecular flexibility index (Phi) is 5.72. The molecular formula is C15H25N3O3S. The fraction of sp³-hybridized carbons (Fsp3) is 0.533. The van der Waals surface area contributed by atoms with Crippen LogP contribution < -0.4 is 15.8 Å². The van der Waals surface area contributed by atoms with Crippen LogP contribution in [0.15, 0.2) is 29.2 Å². The van der Waals surface area contributed by atoms with E-state index in [0.29, 0.717) is 5.69 Å². The van der Waals surface area contributed by atoms with Crippen molar-refractivity contribution in [1.82, 2.24) is 4.72 Å². The van der Waals surface area contributed by atoms with Crippen LogP contribution in [0.25, 0.3) is 0 Å². The summed E-state index contributed by atoms with van der Waals surface area (Å²) in [6.07, 6.45) is 0. The molecule has 2 unspecified atom stereocenters. The summed E-state index contributed by atoms with van der Waals surface area (Å²) in [7, 11) is -3.64. The highest BCUT2D eigenvalue weighted by Gasteiger charge is 2.23. The Labute approximate surface area is 132 Å². The third-order valence-corrected chi connectivity index (χ3v) is 4.81. The average Bonchev–Trinajstić information content (AvgIpc) is 2.35. The molecule has 22 heavy (non-hydrogen) atoms. The van der Waals surface area contributed by atoms with Crippen molar-refractivity contribution < 1.29 is 13.2 Å². The molecule has 1 aromatic carbocycles. The second kappa shape index (κ2) is 6.76. The van der Waals surface area contributed by atoms with E-state index < -0.39 is 15.6 Å². The number of hydrogen-bond donors (Lipinski definition) is 3. The molecule has 0 saturated heterocycles. The molecular weight excluding hydrogens is 302 g/mol. The van der Waals surface area contributed by atoms with E-state index >= 15 is 0 Å². The Morgan fingerprint density at radius 2 is 1.82 bits per heavy atom. The molecule has 0 fully saturated rings. The van der Waals surface area contributed by atoms with Crippen molar-refractivity contribution in [2.45, 2.75) is 51.1 Å². The smallest absolute Gasteiger partial charge is 0.241 e. The highest BCUT2D eigenvalue weighted by atomic mass is 32.2. The Balaban J connectivity index is 2.98. The van der Waals surface area contributed by atoms with Crippen LogP contribution in [0.2, 0.25) is 0 Å². The summed E-state index contributed by atoms with van der Waals surface area (Å²) in [5.41, 5.74) is 5.54. The van der Waals surface area contributed by atoms with Gasteiger partial charge in [-0.1, -0.05) is 13.0 Å². The van der Waals surface area contributed by atoms with Gasteiger partial charge in [-0.15, -0.1) is 0 Å². The van der Waals surface area contributed by atoms with Crippen LogP contribution in [0.3, 0.4) is 0 Å². The molecule has 0 radical (unpaired) electrons. The standard InChI is InChI=1S/C15H25N3O3S/c1-10(11(2)16)14(19)17-12-7-6-8-13(9-12)22(20,21)18-15(3,4)5/h6-11,18H,16H2,1-5H3,(H,17,19). The lowest BCUT2D eigenvalue weighted by molar-refractivity contribution is -0.119. The minimum atomic E-state index is -3.64. The minimum Gasteiger partial charge on any atom is -0.327 e. The van der Waals surface area contributed by atoms with Crippen molar-refractivity contribution in [3.8, 4) is 0 Å². The van der Waals surface area contributed by atoms with E-state index in [2.05, 4.69) is 10.0 Å². The fourth-order valence-electron chi connectivity index (χ4n) is 1.70. The molecule has 0 aliphatic carbocycles. The number of hydrogen-bond acceptors (Lipinski definition) is 4. The predicted octanol–water partition coefficient (Wildman–Crippen LogP) is 1.69. The van der Waals surface area contributed by atoms with Crippen LogP contribution in [-0.4, -0.2) is 25.9 Å². The number of nitrogens with two attached hydrogens (primary N) is 1. The molecule has 1 rings (SSSR count). The molecule has 0 saturated carbocycles. The van der Waals surface area contributed by atoms with Crippen molar-refractivity contribution in [2.75, 3.05) is 5.32 Å². The molecule has 1 amide bonds. The van der Waals surface area contributed by atoms with E-state index in [1.165, 1.54) is 12.1 Å². The van der Waals surface area contributed by atoms with Gasteiger partial charge in [0.25, 0.3) is 0 Å². The van der Waals surface area contributed by atoms with Crippen LogP contribution in [-0.2, 0) is 14.8 Å². The fourth-order valence-corrected chi connectivity index (χ4v) is 3.16. The molecule has 0 aliphatic heterocycles. The van der Waals surface area contributed by atoms with Crippen LogP contribution in [0, 0.1) is 5.92 Å². The number of amides is 1. The molecule has 1 aromatic rings. The van der Waals surface area contributed by atoms with Gasteiger partial charge in [-0.25, -0.2) is 13.1 Å². The summed E-state index contributed by atoms with van der Waals surface area (Å²) in [5.74, 6) is -0.610. The minimum absolute atomic E-state index is 0.105. The Bertz CT molecular complexity index is 634. The maximum Gasteiger partial charge on any atom is 0.241 e. The van der Waals surface area contributed by atoms with Crippen molar-refractivity contribution in [1.29, 1.82) is 0 Å². The number of benzene rings is 1. The number of sulfonamides is 1. The van der Waals surface area contributed by atoms with Crippen molar-refractivity contribution in [3.63, 3.8) is 0 Å². The molecule has 4 N–H and O–H groups in total. The maximum absolute atomic E-state index is 12.3. The van der Waals surface area contributed by atoms with Crippen LogP contribution >= 0.6 is 0 Å².